The lowest BCUT2D eigenvalue weighted by Gasteiger charge is -2.13. The van der Waals surface area contributed by atoms with Gasteiger partial charge in [0.05, 0.1) is 11.9 Å². The van der Waals surface area contributed by atoms with Gasteiger partial charge in [0.2, 0.25) is 5.91 Å². The van der Waals surface area contributed by atoms with Crippen molar-refractivity contribution in [2.75, 3.05) is 0 Å². The second kappa shape index (κ2) is 3.87. The van der Waals surface area contributed by atoms with Gasteiger partial charge in [-0.1, -0.05) is 0 Å². The topological polar surface area (TPSA) is 114 Å². The molecule has 2 aromatic rings. The number of primary amides is 1. The van der Waals surface area contributed by atoms with E-state index in [-0.39, 0.29) is 5.69 Å². The number of nitrogens with zero attached hydrogens (tertiary/aromatic N) is 3. The Labute approximate surface area is 90.1 Å². The lowest BCUT2D eigenvalue weighted by atomic mass is 10.1. The number of nitrogens with two attached hydrogens (primary N) is 1. The summed E-state index contributed by atoms with van der Waals surface area (Å²) in [6, 6.07) is 3.36. The predicted octanol–water partition coefficient (Wildman–Crippen LogP) is -1.39. The number of imidazole rings is 1. The number of rotatable bonds is 3. The zero-order chi connectivity index (χ0) is 11.7. The predicted molar refractivity (Wildman–Crippen MR) is 53.1 cm³/mol. The number of hydrogen-bond acceptors (Lipinski definition) is 5. The van der Waals surface area contributed by atoms with Crippen LogP contribution in [0, 0.1) is 0 Å². The first kappa shape index (κ1) is 10.5. The van der Waals surface area contributed by atoms with Crippen LogP contribution in [0.5, 0.6) is 0 Å². The zero-order valence-corrected chi connectivity index (χ0v) is 8.19. The van der Waals surface area contributed by atoms with Gasteiger partial charge in [-0.05, 0) is 12.1 Å². The minimum atomic E-state index is -1.68. The van der Waals surface area contributed by atoms with Gasteiger partial charge in [-0.2, -0.15) is 5.10 Å². The molecule has 0 bridgehead atoms. The first-order valence-electron chi connectivity index (χ1n) is 4.55. The molecule has 84 valence electrons. The number of hydrogen-bond donors (Lipinski definition) is 3. The van der Waals surface area contributed by atoms with Crippen LogP contribution in [0.3, 0.4) is 0 Å². The van der Waals surface area contributed by atoms with Crippen LogP contribution in [0.1, 0.15) is 11.8 Å². The van der Waals surface area contributed by atoms with Crippen molar-refractivity contribution < 1.29 is 15.0 Å². The van der Waals surface area contributed by atoms with Crippen LogP contribution >= 0.6 is 0 Å². The van der Waals surface area contributed by atoms with E-state index in [1.54, 1.807) is 12.1 Å². The van der Waals surface area contributed by atoms with E-state index < -0.39 is 18.1 Å². The highest BCUT2D eigenvalue weighted by molar-refractivity contribution is 5.79. The molecule has 0 aromatic carbocycles. The van der Waals surface area contributed by atoms with Gasteiger partial charge in [-0.25, -0.2) is 9.50 Å². The zero-order valence-electron chi connectivity index (χ0n) is 8.19. The van der Waals surface area contributed by atoms with Crippen molar-refractivity contribution in [1.82, 2.24) is 14.6 Å². The minimum Gasteiger partial charge on any atom is -0.383 e. The van der Waals surface area contributed by atoms with Gasteiger partial charge < -0.3 is 15.9 Å². The van der Waals surface area contributed by atoms with Crippen molar-refractivity contribution in [3.05, 3.63) is 30.2 Å². The van der Waals surface area contributed by atoms with Gasteiger partial charge in [-0.3, -0.25) is 4.79 Å². The maximum atomic E-state index is 10.7. The van der Waals surface area contributed by atoms with E-state index in [1.165, 1.54) is 16.9 Å². The molecule has 0 fully saturated rings. The fraction of sp³-hybridized carbons (Fsp3) is 0.222. The molecule has 7 nitrogen and oxygen atoms in total. The summed E-state index contributed by atoms with van der Waals surface area (Å²) < 4.78 is 1.33. The molecular formula is C9H10N4O3. The highest BCUT2D eigenvalue weighted by Gasteiger charge is 2.26. The SMILES string of the molecule is NC(=O)C(O)C(O)c1cnc2cccnn12. The van der Waals surface area contributed by atoms with Crippen LogP contribution in [0.4, 0.5) is 0 Å². The Kier molecular flexibility index (Phi) is 2.55. The number of aromatic nitrogens is 3. The molecule has 4 N–H and O–H groups in total. The number of carbonyl (C=O) groups is 1. The molecule has 0 radical (unpaired) electrons. The molecule has 1 amide bonds. The van der Waals surface area contributed by atoms with E-state index in [1.807, 2.05) is 0 Å². The third-order valence-electron chi connectivity index (χ3n) is 2.20. The van der Waals surface area contributed by atoms with Crippen LogP contribution in [0.25, 0.3) is 5.65 Å². The summed E-state index contributed by atoms with van der Waals surface area (Å²) in [5, 5.41) is 23.0. The smallest absolute Gasteiger partial charge is 0.249 e. The maximum Gasteiger partial charge on any atom is 0.249 e. The van der Waals surface area contributed by atoms with Crippen LogP contribution in [0.15, 0.2) is 24.5 Å². The van der Waals surface area contributed by atoms with Gasteiger partial charge >= 0.3 is 0 Å². The summed E-state index contributed by atoms with van der Waals surface area (Å²) in [5.41, 5.74) is 5.61. The highest BCUT2D eigenvalue weighted by Crippen LogP contribution is 2.17. The summed E-state index contributed by atoms with van der Waals surface area (Å²) >= 11 is 0. The molecule has 2 heterocycles. The van der Waals surface area contributed by atoms with E-state index in [9.17, 15) is 15.0 Å². The molecule has 2 rings (SSSR count). The lowest BCUT2D eigenvalue weighted by molar-refractivity contribution is -0.132. The Balaban J connectivity index is 2.44. The Morgan fingerprint density at radius 2 is 2.25 bits per heavy atom. The summed E-state index contributed by atoms with van der Waals surface area (Å²) in [7, 11) is 0. The fourth-order valence-electron chi connectivity index (χ4n) is 1.37. The number of aliphatic hydroxyl groups excluding tert-OH is 2. The van der Waals surface area contributed by atoms with Crippen molar-refractivity contribution in [3.63, 3.8) is 0 Å². The van der Waals surface area contributed by atoms with Gasteiger partial charge in [0.15, 0.2) is 11.8 Å². The third kappa shape index (κ3) is 1.62. The van der Waals surface area contributed by atoms with E-state index in [0.717, 1.165) is 0 Å². The first-order chi connectivity index (χ1) is 7.61. The fourth-order valence-corrected chi connectivity index (χ4v) is 1.37. The number of amides is 1. The van der Waals surface area contributed by atoms with Gasteiger partial charge in [0, 0.05) is 6.20 Å². The summed E-state index contributed by atoms with van der Waals surface area (Å²) in [6.45, 7) is 0. The Bertz CT molecular complexity index is 524. The minimum absolute atomic E-state index is 0.210. The first-order valence-corrected chi connectivity index (χ1v) is 4.55. The van der Waals surface area contributed by atoms with Crippen molar-refractivity contribution in [2.45, 2.75) is 12.2 Å². The molecule has 0 spiro atoms. The quantitative estimate of drug-likeness (QED) is 0.591. The molecule has 2 atom stereocenters. The molecule has 0 saturated carbocycles. The lowest BCUT2D eigenvalue weighted by Crippen LogP contribution is -2.34. The standard InChI is InChI=1S/C9H10N4O3/c10-9(16)8(15)7(14)5-4-11-6-2-1-3-12-13(5)6/h1-4,7-8,14-15H,(H2,10,16). The molecule has 2 aromatic heterocycles. The van der Waals surface area contributed by atoms with Crippen molar-refractivity contribution in [1.29, 1.82) is 0 Å². The summed E-state index contributed by atoms with van der Waals surface area (Å²) in [5.74, 6) is -1.00. The Hall–Kier alpha value is -1.99. The monoisotopic (exact) mass is 222 g/mol. The molecule has 2 unspecified atom stereocenters. The van der Waals surface area contributed by atoms with Crippen molar-refractivity contribution in [2.24, 2.45) is 5.73 Å². The Morgan fingerprint density at radius 3 is 2.94 bits per heavy atom. The second-order valence-corrected chi connectivity index (χ2v) is 3.27. The molecule has 0 aliphatic carbocycles. The molecule has 16 heavy (non-hydrogen) atoms. The van der Waals surface area contributed by atoms with E-state index >= 15 is 0 Å². The highest BCUT2D eigenvalue weighted by atomic mass is 16.3. The molecule has 0 aliphatic rings. The largest absolute Gasteiger partial charge is 0.383 e. The van der Waals surface area contributed by atoms with E-state index in [2.05, 4.69) is 10.1 Å². The average Bonchev–Trinajstić information content (AvgIpc) is 2.70. The van der Waals surface area contributed by atoms with E-state index in [0.29, 0.717) is 5.65 Å². The maximum absolute atomic E-state index is 10.7. The van der Waals surface area contributed by atoms with Crippen LogP contribution < -0.4 is 5.73 Å². The average molecular weight is 222 g/mol. The molecule has 0 aliphatic heterocycles. The van der Waals surface area contributed by atoms with Crippen LogP contribution in [-0.4, -0.2) is 36.8 Å². The van der Waals surface area contributed by atoms with E-state index in [4.69, 9.17) is 5.73 Å². The summed E-state index contributed by atoms with van der Waals surface area (Å²) in [6.07, 6.45) is -0.287. The van der Waals surface area contributed by atoms with Gasteiger partial charge in [-0.15, -0.1) is 0 Å². The number of fused-ring (bicyclic) bond motifs is 1. The Morgan fingerprint density at radius 1 is 1.50 bits per heavy atom. The van der Waals surface area contributed by atoms with Gasteiger partial charge in [0.25, 0.3) is 0 Å². The normalized spacial score (nSPS) is 14.9. The van der Waals surface area contributed by atoms with Crippen molar-refractivity contribution >= 4 is 11.6 Å². The summed E-state index contributed by atoms with van der Waals surface area (Å²) in [4.78, 5) is 14.7. The number of aliphatic hydroxyl groups is 2. The number of carbonyl (C=O) groups excluding carboxylic acids is 1. The second-order valence-electron chi connectivity index (χ2n) is 3.27. The van der Waals surface area contributed by atoms with Crippen LogP contribution in [0.2, 0.25) is 0 Å². The molecule has 0 saturated heterocycles. The molecule has 7 heteroatoms. The van der Waals surface area contributed by atoms with Crippen LogP contribution in [-0.2, 0) is 4.79 Å². The van der Waals surface area contributed by atoms with Gasteiger partial charge in [0.1, 0.15) is 6.10 Å². The van der Waals surface area contributed by atoms with Crippen molar-refractivity contribution in [3.8, 4) is 0 Å². The molecular weight excluding hydrogens is 212 g/mol. The third-order valence-corrected chi connectivity index (χ3v) is 2.20.